The number of ether oxygens (including phenoxy) is 2. The maximum atomic E-state index is 12.7. The molecule has 0 heterocycles. The summed E-state index contributed by atoms with van der Waals surface area (Å²) in [5, 5.41) is 11.8. The van der Waals surface area contributed by atoms with Gasteiger partial charge < -0.3 is 19.9 Å². The molecule has 2 aromatic rings. The minimum absolute atomic E-state index is 0.0956. The van der Waals surface area contributed by atoms with Gasteiger partial charge in [0, 0.05) is 17.5 Å². The summed E-state index contributed by atoms with van der Waals surface area (Å²) < 4.78 is 10.5. The number of carbonyl (C=O) groups excluding carboxylic acids is 1. The molecular weight excluding hydrogens is 358 g/mol. The molecule has 2 N–H and O–H groups in total. The summed E-state index contributed by atoms with van der Waals surface area (Å²) in [4.78, 5) is 23.3. The maximum absolute atomic E-state index is 12.7. The molecule has 0 atom stereocenters. The third kappa shape index (κ3) is 4.63. The molecule has 0 unspecified atom stereocenters. The van der Waals surface area contributed by atoms with Crippen LogP contribution in [0.25, 0.3) is 0 Å². The first-order valence-electron chi connectivity index (χ1n) is 9.40. The minimum atomic E-state index is -1.06. The number of carbonyl (C=O) groups is 2. The monoisotopic (exact) mass is 383 g/mol. The summed E-state index contributed by atoms with van der Waals surface area (Å²) in [6.07, 6.45) is 4.29. The Kier molecular flexibility index (Phi) is 6.19. The molecule has 6 heteroatoms. The van der Waals surface area contributed by atoms with Crippen LogP contribution in [0.4, 0.5) is 0 Å². The third-order valence-electron chi connectivity index (χ3n) is 5.29. The molecule has 1 aliphatic carbocycles. The number of aliphatic carboxylic acids is 1. The van der Waals surface area contributed by atoms with Crippen LogP contribution < -0.4 is 14.8 Å². The average Bonchev–Trinajstić information content (AvgIpc) is 3.21. The van der Waals surface area contributed by atoms with Crippen molar-refractivity contribution in [3.05, 3.63) is 59.7 Å². The molecule has 0 aromatic heterocycles. The van der Waals surface area contributed by atoms with Gasteiger partial charge in [0.15, 0.2) is 6.61 Å². The Bertz CT molecular complexity index is 842. The van der Waals surface area contributed by atoms with E-state index in [0.717, 1.165) is 31.4 Å². The van der Waals surface area contributed by atoms with Crippen LogP contribution in [-0.2, 0) is 10.2 Å². The zero-order valence-electron chi connectivity index (χ0n) is 15.9. The molecule has 148 valence electrons. The second-order valence-corrected chi connectivity index (χ2v) is 7.11. The Hall–Kier alpha value is -3.02. The SMILES string of the molecule is COc1cccc(C2(CNC(=O)c3cccc(OCC(=O)O)c3)CCCC2)c1. The van der Waals surface area contributed by atoms with E-state index in [0.29, 0.717) is 17.9 Å². The van der Waals surface area contributed by atoms with Crippen LogP contribution in [0.5, 0.6) is 11.5 Å². The molecule has 3 rings (SSSR count). The molecule has 1 saturated carbocycles. The van der Waals surface area contributed by atoms with Crippen molar-refractivity contribution in [3.63, 3.8) is 0 Å². The van der Waals surface area contributed by atoms with E-state index in [9.17, 15) is 9.59 Å². The molecule has 0 aliphatic heterocycles. The van der Waals surface area contributed by atoms with Gasteiger partial charge in [-0.1, -0.05) is 31.0 Å². The number of carboxylic acids is 1. The average molecular weight is 383 g/mol. The number of hydrogen-bond acceptors (Lipinski definition) is 4. The van der Waals surface area contributed by atoms with E-state index < -0.39 is 12.6 Å². The van der Waals surface area contributed by atoms with Crippen molar-refractivity contribution in [2.45, 2.75) is 31.1 Å². The van der Waals surface area contributed by atoms with Gasteiger partial charge in [0.05, 0.1) is 7.11 Å². The fourth-order valence-corrected chi connectivity index (χ4v) is 3.80. The number of rotatable bonds is 8. The van der Waals surface area contributed by atoms with Crippen LogP contribution in [0.3, 0.4) is 0 Å². The lowest BCUT2D eigenvalue weighted by molar-refractivity contribution is -0.139. The molecule has 0 bridgehead atoms. The van der Waals surface area contributed by atoms with E-state index in [1.165, 1.54) is 5.56 Å². The summed E-state index contributed by atoms with van der Waals surface area (Å²) >= 11 is 0. The highest BCUT2D eigenvalue weighted by Crippen LogP contribution is 2.41. The lowest BCUT2D eigenvalue weighted by atomic mass is 9.78. The Morgan fingerprint density at radius 3 is 2.50 bits per heavy atom. The molecule has 1 fully saturated rings. The van der Waals surface area contributed by atoms with Crippen LogP contribution >= 0.6 is 0 Å². The first kappa shape index (κ1) is 19.7. The molecule has 28 heavy (non-hydrogen) atoms. The molecule has 6 nitrogen and oxygen atoms in total. The van der Waals surface area contributed by atoms with Crippen molar-refractivity contribution in [1.29, 1.82) is 0 Å². The Labute approximate surface area is 164 Å². The van der Waals surface area contributed by atoms with Crippen LogP contribution in [0.1, 0.15) is 41.6 Å². The largest absolute Gasteiger partial charge is 0.497 e. The molecule has 1 aliphatic rings. The summed E-state index contributed by atoms with van der Waals surface area (Å²) in [6, 6.07) is 14.6. The number of hydrogen-bond donors (Lipinski definition) is 2. The van der Waals surface area contributed by atoms with Crippen molar-refractivity contribution in [3.8, 4) is 11.5 Å². The van der Waals surface area contributed by atoms with Gasteiger partial charge >= 0.3 is 5.97 Å². The summed E-state index contributed by atoms with van der Waals surface area (Å²) in [7, 11) is 1.65. The number of nitrogens with one attached hydrogen (secondary N) is 1. The second kappa shape index (κ2) is 8.78. The van der Waals surface area contributed by atoms with Gasteiger partial charge in [0.1, 0.15) is 11.5 Å². The van der Waals surface area contributed by atoms with Gasteiger partial charge in [-0.3, -0.25) is 4.79 Å². The molecule has 1 amide bonds. The second-order valence-electron chi connectivity index (χ2n) is 7.11. The summed E-state index contributed by atoms with van der Waals surface area (Å²) in [6.45, 7) is 0.100. The Morgan fingerprint density at radius 2 is 1.79 bits per heavy atom. The lowest BCUT2D eigenvalue weighted by Gasteiger charge is -2.30. The first-order chi connectivity index (χ1) is 13.5. The number of amides is 1. The quantitative estimate of drug-likeness (QED) is 0.730. The van der Waals surface area contributed by atoms with Gasteiger partial charge in [-0.2, -0.15) is 0 Å². The minimum Gasteiger partial charge on any atom is -0.497 e. The fourth-order valence-electron chi connectivity index (χ4n) is 3.80. The summed E-state index contributed by atoms with van der Waals surface area (Å²) in [5.74, 6) is -0.0805. The van der Waals surface area contributed by atoms with E-state index in [1.807, 2.05) is 12.1 Å². The zero-order valence-corrected chi connectivity index (χ0v) is 15.9. The third-order valence-corrected chi connectivity index (χ3v) is 5.29. The van der Waals surface area contributed by atoms with E-state index in [1.54, 1.807) is 31.4 Å². The van der Waals surface area contributed by atoms with Gasteiger partial charge in [-0.15, -0.1) is 0 Å². The smallest absolute Gasteiger partial charge is 0.341 e. The predicted molar refractivity (Wildman–Crippen MR) is 105 cm³/mol. The van der Waals surface area contributed by atoms with Crippen LogP contribution in [-0.4, -0.2) is 37.2 Å². The van der Waals surface area contributed by atoms with Crippen molar-refractivity contribution in [1.82, 2.24) is 5.32 Å². The molecule has 0 saturated heterocycles. The van der Waals surface area contributed by atoms with Crippen molar-refractivity contribution < 1.29 is 24.2 Å². The van der Waals surface area contributed by atoms with E-state index >= 15 is 0 Å². The highest BCUT2D eigenvalue weighted by atomic mass is 16.5. The van der Waals surface area contributed by atoms with Gasteiger partial charge in [0.25, 0.3) is 5.91 Å². The number of carboxylic acid groups (broad SMARTS) is 1. The topological polar surface area (TPSA) is 84.9 Å². The highest BCUT2D eigenvalue weighted by Gasteiger charge is 2.36. The first-order valence-corrected chi connectivity index (χ1v) is 9.40. The Morgan fingerprint density at radius 1 is 1.07 bits per heavy atom. The van der Waals surface area contributed by atoms with Crippen molar-refractivity contribution in [2.75, 3.05) is 20.3 Å². The van der Waals surface area contributed by atoms with E-state index in [4.69, 9.17) is 14.6 Å². The zero-order chi connectivity index (χ0) is 20.0. The van der Waals surface area contributed by atoms with E-state index in [2.05, 4.69) is 17.4 Å². The molecule has 2 aromatic carbocycles. The number of methoxy groups -OCH3 is 1. The van der Waals surface area contributed by atoms with Gasteiger partial charge in [0.2, 0.25) is 0 Å². The van der Waals surface area contributed by atoms with Crippen LogP contribution in [0.2, 0.25) is 0 Å². The predicted octanol–water partition coefficient (Wildman–Crippen LogP) is 3.40. The molecular formula is C22H25NO5. The summed E-state index contributed by atoms with van der Waals surface area (Å²) in [5.41, 5.74) is 1.53. The maximum Gasteiger partial charge on any atom is 0.341 e. The lowest BCUT2D eigenvalue weighted by Crippen LogP contribution is -2.39. The standard InChI is InChI=1S/C22H25NO5/c1-27-18-8-5-7-17(13-18)22(10-2-3-11-22)15-23-21(26)16-6-4-9-19(12-16)28-14-20(24)25/h4-9,12-13H,2-3,10-11,14-15H2,1H3,(H,23,26)(H,24,25). The van der Waals surface area contributed by atoms with Crippen molar-refractivity contribution in [2.24, 2.45) is 0 Å². The molecule has 0 spiro atoms. The van der Waals surface area contributed by atoms with Crippen LogP contribution in [0.15, 0.2) is 48.5 Å². The van der Waals surface area contributed by atoms with Crippen molar-refractivity contribution >= 4 is 11.9 Å². The Balaban J connectivity index is 1.71. The van der Waals surface area contributed by atoms with Gasteiger partial charge in [-0.25, -0.2) is 4.79 Å². The molecule has 0 radical (unpaired) electrons. The van der Waals surface area contributed by atoms with Gasteiger partial charge in [-0.05, 0) is 48.7 Å². The number of benzene rings is 2. The normalized spacial score (nSPS) is 15.0. The fraction of sp³-hybridized carbons (Fsp3) is 0.364. The van der Waals surface area contributed by atoms with E-state index in [-0.39, 0.29) is 11.3 Å². The van der Waals surface area contributed by atoms with Crippen LogP contribution in [0, 0.1) is 0 Å². The highest BCUT2D eigenvalue weighted by molar-refractivity contribution is 5.94.